The molecule has 0 fully saturated rings. The summed E-state index contributed by atoms with van der Waals surface area (Å²) in [6, 6.07) is 5.71. The van der Waals surface area contributed by atoms with Gasteiger partial charge in [0.2, 0.25) is 0 Å². The molecule has 0 saturated heterocycles. The Labute approximate surface area is 126 Å². The lowest BCUT2D eigenvalue weighted by Crippen LogP contribution is -2.05. The first kappa shape index (κ1) is 14.9. The molecule has 0 aliphatic carbocycles. The number of halogens is 1. The number of aryl methyl sites for hydroxylation is 2. The average molecular weight is 312 g/mol. The summed E-state index contributed by atoms with van der Waals surface area (Å²) in [5.41, 5.74) is 1.83. The molecule has 0 aliphatic rings. The monoisotopic (exact) mass is 311 g/mol. The van der Waals surface area contributed by atoms with Crippen LogP contribution < -0.4 is 0 Å². The number of aromatic nitrogens is 3. The summed E-state index contributed by atoms with van der Waals surface area (Å²) in [5, 5.41) is 18.1. The molecule has 20 heavy (non-hydrogen) atoms. The van der Waals surface area contributed by atoms with E-state index in [9.17, 15) is 4.79 Å². The number of rotatable bonds is 5. The molecular weight excluding hydrogens is 298 g/mol. The van der Waals surface area contributed by atoms with Crippen molar-refractivity contribution < 1.29 is 9.90 Å². The zero-order chi connectivity index (χ0) is 14.7. The Balaban J connectivity index is 2.47. The molecule has 2 rings (SSSR count). The van der Waals surface area contributed by atoms with Gasteiger partial charge < -0.3 is 5.11 Å². The predicted molar refractivity (Wildman–Crippen MR) is 78.8 cm³/mol. The van der Waals surface area contributed by atoms with Gasteiger partial charge in [0, 0.05) is 6.42 Å². The summed E-state index contributed by atoms with van der Waals surface area (Å²) in [5.74, 6) is -0.202. The molecule has 2 aromatic rings. The molecule has 1 heterocycles. The van der Waals surface area contributed by atoms with Crippen molar-refractivity contribution in [1.82, 2.24) is 14.8 Å². The molecule has 0 radical (unpaired) electrons. The minimum Gasteiger partial charge on any atom is -0.481 e. The highest BCUT2D eigenvalue weighted by Gasteiger charge is 2.16. The van der Waals surface area contributed by atoms with Gasteiger partial charge in [-0.2, -0.15) is 0 Å². The molecule has 0 saturated carbocycles. The number of carboxylic acid groups (broad SMARTS) is 1. The Hall–Kier alpha value is -1.53. The lowest BCUT2D eigenvalue weighted by molar-refractivity contribution is -0.133. The van der Waals surface area contributed by atoms with Gasteiger partial charge >= 0.3 is 5.97 Å². The number of carbonyl (C=O) groups is 1. The van der Waals surface area contributed by atoms with Crippen LogP contribution in [0.3, 0.4) is 0 Å². The summed E-state index contributed by atoms with van der Waals surface area (Å²) >= 11 is 7.41. The van der Waals surface area contributed by atoms with E-state index in [2.05, 4.69) is 10.2 Å². The smallest absolute Gasteiger partial charge is 0.313 e. The minimum absolute atomic E-state index is 0.0642. The van der Waals surface area contributed by atoms with E-state index in [0.29, 0.717) is 16.6 Å². The molecule has 106 valence electrons. The number of nitrogens with zero attached hydrogens (tertiary/aromatic N) is 3. The maximum absolute atomic E-state index is 10.7. The van der Waals surface area contributed by atoms with Crippen LogP contribution >= 0.6 is 23.4 Å². The van der Waals surface area contributed by atoms with Crippen molar-refractivity contribution in [2.24, 2.45) is 0 Å². The number of hydrogen-bond acceptors (Lipinski definition) is 4. The van der Waals surface area contributed by atoms with Gasteiger partial charge in [0.25, 0.3) is 0 Å². The Kier molecular flexibility index (Phi) is 4.67. The molecule has 0 atom stereocenters. The largest absolute Gasteiger partial charge is 0.481 e. The average Bonchev–Trinajstić information content (AvgIpc) is 2.79. The first-order valence-corrected chi connectivity index (χ1v) is 7.44. The van der Waals surface area contributed by atoms with Crippen LogP contribution in [0.25, 0.3) is 5.69 Å². The molecule has 5 nitrogen and oxygen atoms in total. The van der Waals surface area contributed by atoms with Crippen LogP contribution in [0.5, 0.6) is 0 Å². The van der Waals surface area contributed by atoms with Crippen molar-refractivity contribution in [3.8, 4) is 5.69 Å². The topological polar surface area (TPSA) is 68.0 Å². The Morgan fingerprint density at radius 1 is 1.45 bits per heavy atom. The highest BCUT2D eigenvalue weighted by atomic mass is 35.5. The van der Waals surface area contributed by atoms with Crippen molar-refractivity contribution in [2.75, 3.05) is 5.75 Å². The van der Waals surface area contributed by atoms with E-state index in [4.69, 9.17) is 16.7 Å². The molecule has 1 N–H and O–H groups in total. The van der Waals surface area contributed by atoms with Crippen LogP contribution in [0.4, 0.5) is 0 Å². The van der Waals surface area contributed by atoms with Gasteiger partial charge in [-0.25, -0.2) is 0 Å². The molecule has 1 aromatic heterocycles. The van der Waals surface area contributed by atoms with E-state index in [1.165, 1.54) is 0 Å². The van der Waals surface area contributed by atoms with Crippen molar-refractivity contribution in [3.05, 3.63) is 34.6 Å². The maximum Gasteiger partial charge on any atom is 0.313 e. The zero-order valence-electron chi connectivity index (χ0n) is 11.1. The van der Waals surface area contributed by atoms with Crippen LogP contribution in [0.1, 0.15) is 18.3 Å². The zero-order valence-corrected chi connectivity index (χ0v) is 12.7. The standard InChI is InChI=1S/C13H14ClN3O2S/c1-3-11-15-16-13(20-7-12(18)19)17(11)10-5-4-8(2)6-9(10)14/h4-6H,3,7H2,1-2H3,(H,18,19). The summed E-state index contributed by atoms with van der Waals surface area (Å²) in [7, 11) is 0. The van der Waals surface area contributed by atoms with Gasteiger partial charge in [-0.1, -0.05) is 36.4 Å². The predicted octanol–water partition coefficient (Wildman–Crippen LogP) is 2.97. The second-order valence-corrected chi connectivity index (χ2v) is 5.57. The van der Waals surface area contributed by atoms with Crippen molar-refractivity contribution in [2.45, 2.75) is 25.4 Å². The van der Waals surface area contributed by atoms with Crippen molar-refractivity contribution in [3.63, 3.8) is 0 Å². The quantitative estimate of drug-likeness (QED) is 0.860. The summed E-state index contributed by atoms with van der Waals surface area (Å²) < 4.78 is 1.81. The number of hydrogen-bond donors (Lipinski definition) is 1. The van der Waals surface area contributed by atoms with E-state index in [1.54, 1.807) is 0 Å². The molecule has 1 aromatic carbocycles. The summed E-state index contributed by atoms with van der Waals surface area (Å²) in [4.78, 5) is 10.7. The third-order valence-electron chi connectivity index (χ3n) is 2.69. The van der Waals surface area contributed by atoms with E-state index < -0.39 is 5.97 Å². The van der Waals surface area contributed by atoms with E-state index in [-0.39, 0.29) is 5.75 Å². The minimum atomic E-state index is -0.891. The van der Waals surface area contributed by atoms with Gasteiger partial charge in [-0.05, 0) is 24.6 Å². The Bertz CT molecular complexity index is 643. The number of benzene rings is 1. The van der Waals surface area contributed by atoms with Crippen LogP contribution in [0.15, 0.2) is 23.4 Å². The third kappa shape index (κ3) is 3.13. The SMILES string of the molecule is CCc1nnc(SCC(=O)O)n1-c1ccc(C)cc1Cl. The molecule has 0 unspecified atom stereocenters. The van der Waals surface area contributed by atoms with E-state index in [0.717, 1.165) is 28.8 Å². The highest BCUT2D eigenvalue weighted by Crippen LogP contribution is 2.28. The van der Waals surface area contributed by atoms with Gasteiger partial charge in [-0.3, -0.25) is 9.36 Å². The van der Waals surface area contributed by atoms with Gasteiger partial charge in [0.1, 0.15) is 5.82 Å². The molecule has 0 aliphatic heterocycles. The second-order valence-electron chi connectivity index (χ2n) is 4.23. The lowest BCUT2D eigenvalue weighted by Gasteiger charge is -2.11. The van der Waals surface area contributed by atoms with Gasteiger partial charge in [0.05, 0.1) is 16.5 Å². The summed E-state index contributed by atoms with van der Waals surface area (Å²) in [6.45, 7) is 3.93. The molecule has 7 heteroatoms. The van der Waals surface area contributed by atoms with Crippen LogP contribution in [-0.4, -0.2) is 31.6 Å². The fourth-order valence-electron chi connectivity index (χ4n) is 1.78. The van der Waals surface area contributed by atoms with Crippen LogP contribution in [0, 0.1) is 6.92 Å². The number of carboxylic acids is 1. The number of thioether (sulfide) groups is 1. The van der Waals surface area contributed by atoms with Gasteiger partial charge in [-0.15, -0.1) is 10.2 Å². The molecule has 0 bridgehead atoms. The van der Waals surface area contributed by atoms with Gasteiger partial charge in [0.15, 0.2) is 5.16 Å². The highest BCUT2D eigenvalue weighted by molar-refractivity contribution is 7.99. The molecule has 0 spiro atoms. The third-order valence-corrected chi connectivity index (χ3v) is 3.90. The van der Waals surface area contributed by atoms with E-state index in [1.807, 2.05) is 36.6 Å². The lowest BCUT2D eigenvalue weighted by atomic mass is 10.2. The molecular formula is C13H14ClN3O2S. The van der Waals surface area contributed by atoms with Crippen LogP contribution in [0.2, 0.25) is 5.02 Å². The summed E-state index contributed by atoms with van der Waals surface area (Å²) in [6.07, 6.45) is 0.685. The second kappa shape index (κ2) is 6.28. The Morgan fingerprint density at radius 2 is 2.20 bits per heavy atom. The van der Waals surface area contributed by atoms with Crippen molar-refractivity contribution >= 4 is 29.3 Å². The fraction of sp³-hybridized carbons (Fsp3) is 0.308. The van der Waals surface area contributed by atoms with Crippen LogP contribution in [-0.2, 0) is 11.2 Å². The Morgan fingerprint density at radius 3 is 2.80 bits per heavy atom. The van der Waals surface area contributed by atoms with E-state index >= 15 is 0 Å². The maximum atomic E-state index is 10.7. The molecule has 0 amide bonds. The normalized spacial score (nSPS) is 10.8. The fourth-order valence-corrected chi connectivity index (χ4v) is 2.79. The van der Waals surface area contributed by atoms with Crippen molar-refractivity contribution in [1.29, 1.82) is 0 Å². The first-order chi connectivity index (χ1) is 9.52. The number of aliphatic carboxylic acids is 1. The first-order valence-electron chi connectivity index (χ1n) is 6.08.